The molecule has 32 heavy (non-hydrogen) atoms. The van der Waals surface area contributed by atoms with E-state index in [4.69, 9.17) is 0 Å². The van der Waals surface area contributed by atoms with Crippen LogP contribution in [0, 0.1) is 5.92 Å². The third-order valence-corrected chi connectivity index (χ3v) is 7.07. The number of benzene rings is 2. The lowest BCUT2D eigenvalue weighted by atomic mass is 10.0. The summed E-state index contributed by atoms with van der Waals surface area (Å²) in [6.07, 6.45) is 4.32. The van der Waals surface area contributed by atoms with Gasteiger partial charge in [-0.2, -0.15) is 0 Å². The number of fused-ring (bicyclic) bond motifs is 1. The lowest BCUT2D eigenvalue weighted by molar-refractivity contribution is 0.190. The van der Waals surface area contributed by atoms with Crippen LogP contribution in [-0.2, 0) is 19.6 Å². The fraction of sp³-hybridized carbons (Fsp3) is 0.444. The van der Waals surface area contributed by atoms with Gasteiger partial charge in [0.25, 0.3) is 5.56 Å². The zero-order valence-electron chi connectivity index (χ0n) is 19.5. The maximum absolute atomic E-state index is 13.4. The number of hydrogen-bond acceptors (Lipinski definition) is 4. The van der Waals surface area contributed by atoms with Crippen molar-refractivity contribution in [1.29, 1.82) is 0 Å². The van der Waals surface area contributed by atoms with Crippen LogP contribution in [0.5, 0.6) is 0 Å². The standard InChI is InChI=1S/C27H35N3OS/c1-20(2)18-30-26-16-25(32-3)10-9-22(26)15-23(27(30)31)17-28-24-11-13-29(14-12-24)19-21-7-5-4-6-8-21/h4-10,15-16,20,24,28H,11-14,17-19H2,1-3H3. The lowest BCUT2D eigenvalue weighted by Gasteiger charge is -2.32. The van der Waals surface area contributed by atoms with Gasteiger partial charge in [-0.25, -0.2) is 0 Å². The molecule has 1 saturated heterocycles. The summed E-state index contributed by atoms with van der Waals surface area (Å²) in [6, 6.07) is 19.7. The Kier molecular flexibility index (Phi) is 7.71. The molecule has 1 aromatic heterocycles. The highest BCUT2D eigenvalue weighted by Crippen LogP contribution is 2.23. The van der Waals surface area contributed by atoms with Crippen molar-refractivity contribution < 1.29 is 0 Å². The molecule has 1 N–H and O–H groups in total. The average Bonchev–Trinajstić information content (AvgIpc) is 2.81. The van der Waals surface area contributed by atoms with Crippen molar-refractivity contribution in [1.82, 2.24) is 14.8 Å². The largest absolute Gasteiger partial charge is 0.310 e. The molecular weight excluding hydrogens is 414 g/mol. The first-order chi connectivity index (χ1) is 15.5. The molecule has 0 unspecified atom stereocenters. The van der Waals surface area contributed by atoms with Crippen molar-refractivity contribution in [3.63, 3.8) is 0 Å². The minimum Gasteiger partial charge on any atom is -0.310 e. The van der Waals surface area contributed by atoms with Gasteiger partial charge in [0.2, 0.25) is 0 Å². The number of nitrogens with zero attached hydrogens (tertiary/aromatic N) is 2. The average molecular weight is 450 g/mol. The summed E-state index contributed by atoms with van der Waals surface area (Å²) in [5.41, 5.74) is 3.46. The van der Waals surface area contributed by atoms with Gasteiger partial charge in [-0.15, -0.1) is 11.8 Å². The molecule has 4 rings (SSSR count). The van der Waals surface area contributed by atoms with E-state index in [9.17, 15) is 4.79 Å². The molecular formula is C27H35N3OS. The van der Waals surface area contributed by atoms with Gasteiger partial charge in [0, 0.05) is 36.1 Å². The highest BCUT2D eigenvalue weighted by molar-refractivity contribution is 7.98. The van der Waals surface area contributed by atoms with E-state index in [1.54, 1.807) is 11.8 Å². The summed E-state index contributed by atoms with van der Waals surface area (Å²) in [5, 5.41) is 4.84. The van der Waals surface area contributed by atoms with Crippen molar-refractivity contribution >= 4 is 22.7 Å². The van der Waals surface area contributed by atoms with Crippen LogP contribution in [-0.4, -0.2) is 34.9 Å². The van der Waals surface area contributed by atoms with Gasteiger partial charge in [0.05, 0.1) is 5.52 Å². The number of thioether (sulfide) groups is 1. The quantitative estimate of drug-likeness (QED) is 0.484. The minimum atomic E-state index is 0.151. The highest BCUT2D eigenvalue weighted by Gasteiger charge is 2.20. The molecule has 0 atom stereocenters. The molecule has 5 heteroatoms. The van der Waals surface area contributed by atoms with Crippen molar-refractivity contribution in [2.45, 2.75) is 57.3 Å². The van der Waals surface area contributed by atoms with E-state index < -0.39 is 0 Å². The second kappa shape index (κ2) is 10.7. The highest BCUT2D eigenvalue weighted by atomic mass is 32.2. The minimum absolute atomic E-state index is 0.151. The number of nitrogens with one attached hydrogen (secondary N) is 1. The Balaban J connectivity index is 1.43. The monoisotopic (exact) mass is 449 g/mol. The third-order valence-electron chi connectivity index (χ3n) is 6.34. The van der Waals surface area contributed by atoms with Crippen LogP contribution >= 0.6 is 11.8 Å². The first-order valence-corrected chi connectivity index (χ1v) is 13.0. The van der Waals surface area contributed by atoms with E-state index >= 15 is 0 Å². The molecule has 2 heterocycles. The molecule has 170 valence electrons. The van der Waals surface area contributed by atoms with Gasteiger partial charge in [-0.1, -0.05) is 50.2 Å². The number of pyridine rings is 1. The Hall–Kier alpha value is -2.08. The Morgan fingerprint density at radius 3 is 2.50 bits per heavy atom. The van der Waals surface area contributed by atoms with E-state index in [1.807, 2.05) is 4.57 Å². The van der Waals surface area contributed by atoms with Gasteiger partial charge in [0.1, 0.15) is 0 Å². The molecule has 0 radical (unpaired) electrons. The van der Waals surface area contributed by atoms with E-state index in [0.717, 1.165) is 55.5 Å². The molecule has 1 fully saturated rings. The van der Waals surface area contributed by atoms with Gasteiger partial charge in [0.15, 0.2) is 0 Å². The molecule has 1 aliphatic heterocycles. The van der Waals surface area contributed by atoms with E-state index in [0.29, 0.717) is 18.5 Å². The molecule has 0 saturated carbocycles. The molecule has 0 amide bonds. The predicted octanol–water partition coefficient (Wildman–Crippen LogP) is 5.13. The van der Waals surface area contributed by atoms with Crippen LogP contribution in [0.1, 0.15) is 37.8 Å². The van der Waals surface area contributed by atoms with Crippen LogP contribution in [0.2, 0.25) is 0 Å². The Morgan fingerprint density at radius 2 is 1.81 bits per heavy atom. The summed E-state index contributed by atoms with van der Waals surface area (Å²) in [7, 11) is 0. The molecule has 0 bridgehead atoms. The van der Waals surface area contributed by atoms with E-state index in [1.165, 1.54) is 10.5 Å². The van der Waals surface area contributed by atoms with Crippen LogP contribution in [0.3, 0.4) is 0 Å². The molecule has 3 aromatic rings. The van der Waals surface area contributed by atoms with Crippen LogP contribution in [0.4, 0.5) is 0 Å². The molecule has 0 aliphatic carbocycles. The third kappa shape index (κ3) is 5.64. The van der Waals surface area contributed by atoms with Crippen LogP contribution in [0.15, 0.2) is 64.3 Å². The molecule has 1 aliphatic rings. The molecule has 2 aromatic carbocycles. The summed E-state index contributed by atoms with van der Waals surface area (Å²) < 4.78 is 1.99. The van der Waals surface area contributed by atoms with Crippen molar-refractivity contribution in [2.75, 3.05) is 19.3 Å². The fourth-order valence-corrected chi connectivity index (χ4v) is 5.04. The summed E-state index contributed by atoms with van der Waals surface area (Å²) in [5.74, 6) is 0.422. The second-order valence-electron chi connectivity index (χ2n) is 9.32. The number of rotatable bonds is 8. The Labute approximate surface area is 196 Å². The molecule has 0 spiro atoms. The van der Waals surface area contributed by atoms with Gasteiger partial charge in [-0.3, -0.25) is 9.69 Å². The number of aromatic nitrogens is 1. The Bertz CT molecular complexity index is 1090. The lowest BCUT2D eigenvalue weighted by Crippen LogP contribution is -2.42. The van der Waals surface area contributed by atoms with Gasteiger partial charge >= 0.3 is 0 Å². The SMILES string of the molecule is CSc1ccc2cc(CNC3CCN(Cc4ccccc4)CC3)c(=O)n(CC(C)C)c2c1. The normalized spacial score (nSPS) is 15.6. The summed E-state index contributed by atoms with van der Waals surface area (Å²) in [6.45, 7) is 8.95. The smallest absolute Gasteiger partial charge is 0.255 e. The van der Waals surface area contributed by atoms with Crippen LogP contribution in [0.25, 0.3) is 10.9 Å². The topological polar surface area (TPSA) is 37.3 Å². The first-order valence-electron chi connectivity index (χ1n) is 11.7. The zero-order chi connectivity index (χ0) is 22.5. The summed E-state index contributed by atoms with van der Waals surface area (Å²) in [4.78, 5) is 17.1. The Morgan fingerprint density at radius 1 is 1.06 bits per heavy atom. The fourth-order valence-electron chi connectivity index (χ4n) is 4.60. The first kappa shape index (κ1) is 23.1. The predicted molar refractivity (Wildman–Crippen MR) is 136 cm³/mol. The van der Waals surface area contributed by atoms with E-state index in [-0.39, 0.29) is 5.56 Å². The van der Waals surface area contributed by atoms with Crippen molar-refractivity contribution in [3.05, 3.63) is 76.1 Å². The maximum Gasteiger partial charge on any atom is 0.255 e. The number of hydrogen-bond donors (Lipinski definition) is 1. The summed E-state index contributed by atoms with van der Waals surface area (Å²) >= 11 is 1.72. The van der Waals surface area contributed by atoms with Gasteiger partial charge < -0.3 is 9.88 Å². The molecule has 4 nitrogen and oxygen atoms in total. The van der Waals surface area contributed by atoms with Crippen molar-refractivity contribution in [2.24, 2.45) is 5.92 Å². The van der Waals surface area contributed by atoms with Gasteiger partial charge in [-0.05, 0) is 67.3 Å². The number of likely N-dealkylation sites (tertiary alicyclic amines) is 1. The number of piperidine rings is 1. The zero-order valence-corrected chi connectivity index (χ0v) is 20.3. The van der Waals surface area contributed by atoms with Crippen LogP contribution < -0.4 is 10.9 Å². The maximum atomic E-state index is 13.4. The second-order valence-corrected chi connectivity index (χ2v) is 10.2. The van der Waals surface area contributed by atoms with Crippen molar-refractivity contribution in [3.8, 4) is 0 Å². The van der Waals surface area contributed by atoms with E-state index in [2.05, 4.69) is 84.9 Å².